The molecule has 2 fully saturated rings. The molecular weight excluding hydrogens is 116 g/mol. The van der Waals surface area contributed by atoms with Crippen LogP contribution in [0, 0.1) is 0 Å². The molecule has 1 aliphatic carbocycles. The van der Waals surface area contributed by atoms with Gasteiger partial charge in [-0.25, -0.2) is 0 Å². The highest BCUT2D eigenvalue weighted by atomic mass is 16.6. The van der Waals surface area contributed by atoms with Crippen molar-refractivity contribution in [2.75, 3.05) is 0 Å². The fourth-order valence-electron chi connectivity index (χ4n) is 1.69. The number of rotatable bonds is 0. The molecule has 2 rings (SSSR count). The molecule has 1 heterocycles. The average Bonchev–Trinajstić information content (AvgIpc) is 2.44. The first kappa shape index (κ1) is 5.69. The Bertz CT molecular complexity index is 135. The summed E-state index contributed by atoms with van der Waals surface area (Å²) in [6.07, 6.45) is 3.37. The van der Waals surface area contributed by atoms with Gasteiger partial charge >= 0.3 is 0 Å². The smallest absolute Gasteiger partial charge is 0.118 e. The normalized spacial score (nSPS) is 56.7. The number of ether oxygens (including phenoxy) is 1. The van der Waals surface area contributed by atoms with Crippen LogP contribution in [-0.4, -0.2) is 22.9 Å². The van der Waals surface area contributed by atoms with E-state index in [9.17, 15) is 5.11 Å². The van der Waals surface area contributed by atoms with Gasteiger partial charge in [-0.1, -0.05) is 0 Å². The standard InChI is InChI=1S/C7H12O2/c1-7-5(8)3-2-4-6(7)9-7/h5-6,8H,2-4H2,1H3/t5-,6-,7+/m1/s1. The highest BCUT2D eigenvalue weighted by Gasteiger charge is 2.58. The van der Waals surface area contributed by atoms with Crippen LogP contribution in [0.15, 0.2) is 0 Å². The summed E-state index contributed by atoms with van der Waals surface area (Å²) in [5.74, 6) is 0. The number of hydrogen-bond donors (Lipinski definition) is 1. The van der Waals surface area contributed by atoms with Crippen LogP contribution in [0.2, 0.25) is 0 Å². The Kier molecular flexibility index (Phi) is 0.945. The Morgan fingerprint density at radius 2 is 2.33 bits per heavy atom. The van der Waals surface area contributed by atoms with Crippen LogP contribution in [0.4, 0.5) is 0 Å². The molecule has 0 amide bonds. The Balaban J connectivity index is 2.10. The Hall–Kier alpha value is -0.0800. The second kappa shape index (κ2) is 1.50. The molecule has 0 aromatic heterocycles. The van der Waals surface area contributed by atoms with E-state index in [0.29, 0.717) is 6.10 Å². The van der Waals surface area contributed by atoms with E-state index in [1.54, 1.807) is 0 Å². The number of aliphatic hydroxyl groups excluding tert-OH is 1. The third-order valence-electron chi connectivity index (χ3n) is 2.58. The lowest BCUT2D eigenvalue weighted by atomic mass is 9.88. The Morgan fingerprint density at radius 3 is 2.89 bits per heavy atom. The summed E-state index contributed by atoms with van der Waals surface area (Å²) < 4.78 is 5.33. The fourth-order valence-corrected chi connectivity index (χ4v) is 1.69. The monoisotopic (exact) mass is 128 g/mol. The number of fused-ring (bicyclic) bond motifs is 1. The van der Waals surface area contributed by atoms with Crippen LogP contribution in [-0.2, 0) is 4.74 Å². The third-order valence-corrected chi connectivity index (χ3v) is 2.58. The third kappa shape index (κ3) is 0.634. The highest BCUT2D eigenvalue weighted by molar-refractivity contribution is 5.06. The Morgan fingerprint density at radius 1 is 1.56 bits per heavy atom. The Labute approximate surface area is 54.8 Å². The van der Waals surface area contributed by atoms with Gasteiger partial charge in [-0.2, -0.15) is 0 Å². The van der Waals surface area contributed by atoms with Crippen molar-refractivity contribution >= 4 is 0 Å². The van der Waals surface area contributed by atoms with E-state index in [1.165, 1.54) is 0 Å². The minimum atomic E-state index is -0.198. The van der Waals surface area contributed by atoms with E-state index >= 15 is 0 Å². The molecule has 0 spiro atoms. The number of aliphatic hydroxyl groups is 1. The molecule has 2 heteroatoms. The van der Waals surface area contributed by atoms with E-state index < -0.39 is 0 Å². The van der Waals surface area contributed by atoms with E-state index in [4.69, 9.17) is 4.74 Å². The van der Waals surface area contributed by atoms with Crippen LogP contribution in [0.5, 0.6) is 0 Å². The molecule has 0 aromatic carbocycles. The molecule has 0 unspecified atom stereocenters. The molecule has 2 nitrogen and oxygen atoms in total. The summed E-state index contributed by atoms with van der Waals surface area (Å²) in [5.41, 5.74) is -0.141. The van der Waals surface area contributed by atoms with Gasteiger partial charge in [0.15, 0.2) is 0 Å². The average molecular weight is 128 g/mol. The van der Waals surface area contributed by atoms with E-state index in [-0.39, 0.29) is 11.7 Å². The summed E-state index contributed by atoms with van der Waals surface area (Å²) in [6.45, 7) is 2.00. The van der Waals surface area contributed by atoms with Crippen molar-refractivity contribution < 1.29 is 9.84 Å². The molecule has 52 valence electrons. The van der Waals surface area contributed by atoms with Gasteiger partial charge in [0.25, 0.3) is 0 Å². The predicted octanol–water partition coefficient (Wildman–Crippen LogP) is 0.689. The van der Waals surface area contributed by atoms with Gasteiger partial charge in [0.05, 0.1) is 12.2 Å². The minimum absolute atomic E-state index is 0.141. The van der Waals surface area contributed by atoms with Crippen LogP contribution in [0.1, 0.15) is 26.2 Å². The molecule has 0 aromatic rings. The first-order valence-electron chi connectivity index (χ1n) is 3.59. The van der Waals surface area contributed by atoms with Crippen LogP contribution < -0.4 is 0 Å². The summed E-state index contributed by atoms with van der Waals surface area (Å²) in [7, 11) is 0. The number of epoxide rings is 1. The molecule has 9 heavy (non-hydrogen) atoms. The predicted molar refractivity (Wildman–Crippen MR) is 33.1 cm³/mol. The van der Waals surface area contributed by atoms with Gasteiger partial charge in [0, 0.05) is 0 Å². The largest absolute Gasteiger partial charge is 0.390 e. The lowest BCUT2D eigenvalue weighted by molar-refractivity contribution is 0.0744. The van der Waals surface area contributed by atoms with Crippen LogP contribution in [0.3, 0.4) is 0 Å². The van der Waals surface area contributed by atoms with Gasteiger partial charge in [-0.15, -0.1) is 0 Å². The lowest BCUT2D eigenvalue weighted by Gasteiger charge is -2.18. The topological polar surface area (TPSA) is 32.8 Å². The van der Waals surface area contributed by atoms with Gasteiger partial charge in [0.1, 0.15) is 5.60 Å². The fraction of sp³-hybridized carbons (Fsp3) is 1.00. The van der Waals surface area contributed by atoms with Crippen LogP contribution in [0.25, 0.3) is 0 Å². The van der Waals surface area contributed by atoms with Crippen molar-refractivity contribution in [3.05, 3.63) is 0 Å². The summed E-state index contributed by atoms with van der Waals surface area (Å²) >= 11 is 0. The molecular formula is C7H12O2. The quantitative estimate of drug-likeness (QED) is 0.487. The SMILES string of the molecule is C[C@@]12O[C@@H]1CCC[C@H]2O. The van der Waals surface area contributed by atoms with E-state index in [1.807, 2.05) is 6.92 Å². The van der Waals surface area contributed by atoms with Gasteiger partial charge in [-0.3, -0.25) is 0 Å². The summed E-state index contributed by atoms with van der Waals surface area (Å²) in [5, 5.41) is 9.35. The zero-order chi connectivity index (χ0) is 6.48. The zero-order valence-electron chi connectivity index (χ0n) is 5.63. The summed E-state index contributed by atoms with van der Waals surface area (Å²) in [4.78, 5) is 0. The number of hydrogen-bond acceptors (Lipinski definition) is 2. The van der Waals surface area contributed by atoms with Crippen molar-refractivity contribution in [2.45, 2.75) is 44.0 Å². The van der Waals surface area contributed by atoms with Crippen molar-refractivity contribution in [1.82, 2.24) is 0 Å². The van der Waals surface area contributed by atoms with E-state index in [0.717, 1.165) is 19.3 Å². The second-order valence-electron chi connectivity index (χ2n) is 3.24. The van der Waals surface area contributed by atoms with Crippen molar-refractivity contribution in [3.63, 3.8) is 0 Å². The maximum atomic E-state index is 9.35. The summed E-state index contributed by atoms with van der Waals surface area (Å²) in [6, 6.07) is 0. The van der Waals surface area contributed by atoms with Crippen molar-refractivity contribution in [1.29, 1.82) is 0 Å². The molecule has 1 saturated carbocycles. The van der Waals surface area contributed by atoms with Gasteiger partial charge < -0.3 is 9.84 Å². The second-order valence-corrected chi connectivity index (χ2v) is 3.24. The molecule has 0 radical (unpaired) electrons. The molecule has 3 atom stereocenters. The molecule has 1 N–H and O–H groups in total. The minimum Gasteiger partial charge on any atom is -0.390 e. The van der Waals surface area contributed by atoms with Crippen LogP contribution >= 0.6 is 0 Å². The molecule has 2 aliphatic rings. The van der Waals surface area contributed by atoms with E-state index in [2.05, 4.69) is 0 Å². The van der Waals surface area contributed by atoms with Gasteiger partial charge in [-0.05, 0) is 26.2 Å². The van der Waals surface area contributed by atoms with Gasteiger partial charge in [0.2, 0.25) is 0 Å². The first-order chi connectivity index (χ1) is 4.23. The maximum Gasteiger partial charge on any atom is 0.118 e. The first-order valence-corrected chi connectivity index (χ1v) is 3.59. The molecule has 1 saturated heterocycles. The molecule has 1 aliphatic heterocycles. The zero-order valence-corrected chi connectivity index (χ0v) is 5.63. The lowest BCUT2D eigenvalue weighted by Crippen LogP contribution is -2.32. The molecule has 0 bridgehead atoms. The highest BCUT2D eigenvalue weighted by Crippen LogP contribution is 2.47. The maximum absolute atomic E-state index is 9.35. The van der Waals surface area contributed by atoms with Crippen molar-refractivity contribution in [2.24, 2.45) is 0 Å². The van der Waals surface area contributed by atoms with Crippen molar-refractivity contribution in [3.8, 4) is 0 Å².